The molecule has 1 aliphatic carbocycles. The fourth-order valence-electron chi connectivity index (χ4n) is 2.84. The molecule has 0 aliphatic heterocycles. The van der Waals surface area contributed by atoms with E-state index in [1.807, 2.05) is 20.8 Å². The third-order valence-corrected chi connectivity index (χ3v) is 5.22. The molecular weight excluding hydrogens is 363 g/mol. The summed E-state index contributed by atoms with van der Waals surface area (Å²) in [4.78, 5) is 20.0. The summed E-state index contributed by atoms with van der Waals surface area (Å²) in [5.74, 6) is 0.556. The Balaban J connectivity index is 1.94. The van der Waals surface area contributed by atoms with Crippen molar-refractivity contribution in [2.75, 3.05) is 12.3 Å². The fourth-order valence-corrected chi connectivity index (χ4v) is 3.56. The second-order valence-electron chi connectivity index (χ2n) is 7.64. The van der Waals surface area contributed by atoms with Crippen LogP contribution >= 0.6 is 11.8 Å². The molecule has 0 spiro atoms. The van der Waals surface area contributed by atoms with E-state index >= 15 is 0 Å². The molecule has 1 fully saturated rings. The van der Waals surface area contributed by atoms with Crippen molar-refractivity contribution < 1.29 is 18.0 Å². The summed E-state index contributed by atoms with van der Waals surface area (Å²) in [5.41, 5.74) is -1.08. The van der Waals surface area contributed by atoms with Gasteiger partial charge in [0.2, 0.25) is 5.91 Å². The molecule has 26 heavy (non-hydrogen) atoms. The molecule has 1 N–H and O–H groups in total. The van der Waals surface area contributed by atoms with Gasteiger partial charge in [0.15, 0.2) is 5.16 Å². The number of halogens is 3. The number of alkyl halides is 3. The summed E-state index contributed by atoms with van der Waals surface area (Å²) >= 11 is 1.13. The van der Waals surface area contributed by atoms with Crippen molar-refractivity contribution in [1.29, 1.82) is 0 Å². The number of carbonyl (C=O) groups excluding carboxylic acids is 1. The van der Waals surface area contributed by atoms with Crippen LogP contribution in [0.25, 0.3) is 0 Å². The molecule has 1 amide bonds. The SMILES string of the molecule is CC(C)(C)c1cc(C(F)(F)F)nc(SCCNC(=O)C2CCCCC2)n1. The highest BCUT2D eigenvalue weighted by Gasteiger charge is 2.35. The lowest BCUT2D eigenvalue weighted by Gasteiger charge is -2.21. The van der Waals surface area contributed by atoms with Crippen molar-refractivity contribution in [3.63, 3.8) is 0 Å². The van der Waals surface area contributed by atoms with E-state index in [-0.39, 0.29) is 17.0 Å². The van der Waals surface area contributed by atoms with E-state index in [0.29, 0.717) is 18.0 Å². The third kappa shape index (κ3) is 6.14. The summed E-state index contributed by atoms with van der Waals surface area (Å²) in [6.45, 7) is 5.83. The molecule has 1 heterocycles. The number of nitrogens with one attached hydrogen (secondary N) is 1. The van der Waals surface area contributed by atoms with Gasteiger partial charge < -0.3 is 5.32 Å². The van der Waals surface area contributed by atoms with E-state index in [2.05, 4.69) is 15.3 Å². The largest absolute Gasteiger partial charge is 0.433 e. The van der Waals surface area contributed by atoms with Crippen molar-refractivity contribution in [1.82, 2.24) is 15.3 Å². The molecule has 4 nitrogen and oxygen atoms in total. The Morgan fingerprint density at radius 3 is 2.35 bits per heavy atom. The zero-order chi connectivity index (χ0) is 19.4. The molecular formula is C18H26F3N3OS. The van der Waals surface area contributed by atoms with Gasteiger partial charge in [0, 0.05) is 23.6 Å². The summed E-state index contributed by atoms with van der Waals surface area (Å²) in [5, 5.41) is 2.97. The molecule has 0 aromatic carbocycles. The first kappa shape index (κ1) is 21.0. The van der Waals surface area contributed by atoms with Gasteiger partial charge in [0.25, 0.3) is 0 Å². The minimum atomic E-state index is -4.51. The first-order valence-corrected chi connectivity index (χ1v) is 9.93. The van der Waals surface area contributed by atoms with E-state index in [4.69, 9.17) is 0 Å². The van der Waals surface area contributed by atoms with Gasteiger partial charge in [-0.2, -0.15) is 13.2 Å². The summed E-state index contributed by atoms with van der Waals surface area (Å²) < 4.78 is 39.2. The number of nitrogens with zero attached hydrogens (tertiary/aromatic N) is 2. The van der Waals surface area contributed by atoms with Crippen LogP contribution < -0.4 is 5.32 Å². The Kier molecular flexibility index (Phi) is 6.93. The summed E-state index contributed by atoms with van der Waals surface area (Å²) in [6, 6.07) is 1.01. The predicted octanol–water partition coefficient (Wildman–Crippen LogP) is 4.58. The number of hydrogen-bond acceptors (Lipinski definition) is 4. The van der Waals surface area contributed by atoms with E-state index in [9.17, 15) is 18.0 Å². The highest BCUT2D eigenvalue weighted by Crippen LogP contribution is 2.32. The average Bonchev–Trinajstić information content (AvgIpc) is 2.57. The average molecular weight is 389 g/mol. The smallest absolute Gasteiger partial charge is 0.355 e. The highest BCUT2D eigenvalue weighted by atomic mass is 32.2. The summed E-state index contributed by atoms with van der Waals surface area (Å²) in [7, 11) is 0. The number of hydrogen-bond donors (Lipinski definition) is 1. The van der Waals surface area contributed by atoms with Crippen LogP contribution in [0.5, 0.6) is 0 Å². The molecule has 0 bridgehead atoms. The van der Waals surface area contributed by atoms with Crippen LogP contribution in [0.3, 0.4) is 0 Å². The maximum absolute atomic E-state index is 13.1. The van der Waals surface area contributed by atoms with Gasteiger partial charge in [-0.1, -0.05) is 51.8 Å². The molecule has 2 rings (SSSR count). The normalized spacial score (nSPS) is 16.5. The monoisotopic (exact) mass is 389 g/mol. The predicted molar refractivity (Wildman–Crippen MR) is 96.0 cm³/mol. The van der Waals surface area contributed by atoms with E-state index < -0.39 is 17.3 Å². The van der Waals surface area contributed by atoms with Gasteiger partial charge >= 0.3 is 6.18 Å². The van der Waals surface area contributed by atoms with Crippen molar-refractivity contribution in [2.24, 2.45) is 5.92 Å². The molecule has 0 unspecified atom stereocenters. The number of amides is 1. The number of aromatic nitrogens is 2. The van der Waals surface area contributed by atoms with Crippen molar-refractivity contribution in [2.45, 2.75) is 69.6 Å². The fraction of sp³-hybridized carbons (Fsp3) is 0.722. The second kappa shape index (κ2) is 8.59. The minimum absolute atomic E-state index is 0.0469. The highest BCUT2D eigenvalue weighted by molar-refractivity contribution is 7.99. The Labute approximate surface area is 156 Å². The van der Waals surface area contributed by atoms with Crippen molar-refractivity contribution >= 4 is 17.7 Å². The van der Waals surface area contributed by atoms with E-state index in [0.717, 1.165) is 43.5 Å². The zero-order valence-corrected chi connectivity index (χ0v) is 16.3. The maximum Gasteiger partial charge on any atom is 0.433 e. The third-order valence-electron chi connectivity index (χ3n) is 4.37. The van der Waals surface area contributed by atoms with Crippen LogP contribution in [0.1, 0.15) is 64.3 Å². The molecule has 8 heteroatoms. The van der Waals surface area contributed by atoms with Gasteiger partial charge in [0.1, 0.15) is 5.69 Å². The summed E-state index contributed by atoms with van der Waals surface area (Å²) in [6.07, 6.45) is 0.687. The first-order valence-electron chi connectivity index (χ1n) is 8.94. The molecule has 0 radical (unpaired) electrons. The lowest BCUT2D eigenvalue weighted by atomic mass is 9.89. The number of rotatable bonds is 5. The van der Waals surface area contributed by atoms with Crippen LogP contribution in [-0.2, 0) is 16.4 Å². The van der Waals surface area contributed by atoms with Crippen LogP contribution in [-0.4, -0.2) is 28.2 Å². The van der Waals surface area contributed by atoms with Gasteiger partial charge in [-0.15, -0.1) is 0 Å². The molecule has 1 aromatic heterocycles. The molecule has 1 aliphatic rings. The maximum atomic E-state index is 13.1. The number of thioether (sulfide) groups is 1. The van der Waals surface area contributed by atoms with Crippen molar-refractivity contribution in [3.05, 3.63) is 17.5 Å². The molecule has 146 valence electrons. The van der Waals surface area contributed by atoms with Crippen LogP contribution in [0, 0.1) is 5.92 Å². The quantitative estimate of drug-likeness (QED) is 0.455. The second-order valence-corrected chi connectivity index (χ2v) is 8.71. The Hall–Kier alpha value is -1.31. The lowest BCUT2D eigenvalue weighted by Crippen LogP contribution is -2.33. The van der Waals surface area contributed by atoms with Gasteiger partial charge in [0.05, 0.1) is 5.69 Å². The van der Waals surface area contributed by atoms with E-state index in [1.165, 1.54) is 6.42 Å². The Morgan fingerprint density at radius 2 is 1.77 bits per heavy atom. The molecule has 1 aromatic rings. The Bertz CT molecular complexity index is 591. The van der Waals surface area contributed by atoms with Crippen molar-refractivity contribution in [3.8, 4) is 0 Å². The Morgan fingerprint density at radius 1 is 1.15 bits per heavy atom. The van der Waals surface area contributed by atoms with Crippen LogP contribution in [0.4, 0.5) is 13.2 Å². The standard InChI is InChI=1S/C18H26F3N3OS/c1-17(2,3)13-11-14(18(19,20)21)24-16(23-13)26-10-9-22-15(25)12-7-5-4-6-8-12/h11-12H,4-10H2,1-3H3,(H,22,25). The van der Waals surface area contributed by atoms with E-state index in [1.54, 1.807) is 0 Å². The van der Waals surface area contributed by atoms with Gasteiger partial charge in [-0.3, -0.25) is 4.79 Å². The molecule has 0 saturated heterocycles. The molecule has 1 saturated carbocycles. The zero-order valence-electron chi connectivity index (χ0n) is 15.4. The van der Waals surface area contributed by atoms with Crippen LogP contribution in [0.15, 0.2) is 11.2 Å². The molecule has 0 atom stereocenters. The lowest BCUT2D eigenvalue weighted by molar-refractivity contribution is -0.141. The van der Waals surface area contributed by atoms with Crippen LogP contribution in [0.2, 0.25) is 0 Å². The minimum Gasteiger partial charge on any atom is -0.355 e. The first-order chi connectivity index (χ1) is 12.1. The van der Waals surface area contributed by atoms with Gasteiger partial charge in [-0.05, 0) is 18.9 Å². The van der Waals surface area contributed by atoms with Gasteiger partial charge in [-0.25, -0.2) is 9.97 Å². The number of carbonyl (C=O) groups is 1. The topological polar surface area (TPSA) is 54.9 Å².